The lowest BCUT2D eigenvalue weighted by molar-refractivity contribution is -0.111. The van der Waals surface area contributed by atoms with Gasteiger partial charge in [0.15, 0.2) is 0 Å². The average molecular weight is 237 g/mol. The molecule has 0 bridgehead atoms. The molecule has 0 heterocycles. The molecule has 0 saturated carbocycles. The predicted molar refractivity (Wildman–Crippen MR) is 65.1 cm³/mol. The van der Waals surface area contributed by atoms with Gasteiger partial charge in [0.1, 0.15) is 12.8 Å². The summed E-state index contributed by atoms with van der Waals surface area (Å²) >= 11 is 0. The number of allylic oxidation sites excluding steroid dienone is 1. The van der Waals surface area contributed by atoms with E-state index in [2.05, 4.69) is 5.32 Å². The molecule has 17 heavy (non-hydrogen) atoms. The summed E-state index contributed by atoms with van der Waals surface area (Å²) in [7, 11) is 0. The minimum absolute atomic E-state index is 0.391. The lowest BCUT2D eigenvalue weighted by Crippen LogP contribution is -2.35. The van der Waals surface area contributed by atoms with Crippen LogP contribution in [-0.2, 0) is 4.79 Å². The Balaban J connectivity index is 2.80. The van der Waals surface area contributed by atoms with E-state index in [0.717, 1.165) is 5.56 Å². The molecule has 2 N–H and O–H groups in total. The van der Waals surface area contributed by atoms with Gasteiger partial charge in [0.25, 0.3) is 0 Å². The average Bonchev–Trinajstić information content (AvgIpc) is 2.36. The van der Waals surface area contributed by atoms with Crippen molar-refractivity contribution in [3.05, 3.63) is 41.5 Å². The monoisotopic (exact) mass is 237 g/mol. The summed E-state index contributed by atoms with van der Waals surface area (Å²) in [6.07, 6.45) is 3.18. The van der Waals surface area contributed by atoms with E-state index >= 15 is 0 Å². The molecule has 0 saturated heterocycles. The van der Waals surface area contributed by atoms with Crippen LogP contribution in [0.25, 0.3) is 6.08 Å². The van der Waals surface area contributed by atoms with Crippen LogP contribution >= 0.6 is 0 Å². The molecule has 0 aliphatic rings. The highest BCUT2D eigenvalue weighted by Crippen LogP contribution is 2.18. The van der Waals surface area contributed by atoms with Crippen molar-refractivity contribution in [2.24, 2.45) is 0 Å². The third-order valence-electron chi connectivity index (χ3n) is 2.47. The van der Waals surface area contributed by atoms with E-state index in [1.807, 2.05) is 31.2 Å². The second-order valence-electron chi connectivity index (χ2n) is 3.66. The van der Waals surface area contributed by atoms with Crippen LogP contribution in [-0.4, -0.2) is 24.2 Å². The van der Waals surface area contributed by atoms with Gasteiger partial charge in [0, 0.05) is 0 Å². The number of nitrogens with one attached hydrogen (secondary N) is 1. The van der Waals surface area contributed by atoms with Gasteiger partial charge in [-0.25, -0.2) is 4.39 Å². The summed E-state index contributed by atoms with van der Waals surface area (Å²) in [6.45, 7) is 1.10. The number of aliphatic hydroxyl groups excluding tert-OH is 1. The quantitative estimate of drug-likeness (QED) is 0.742. The number of aliphatic hydroxyl groups is 1. The number of carbonyl (C=O) groups excluding carboxylic acids is 1. The molecule has 0 radical (unpaired) electrons. The third kappa shape index (κ3) is 3.67. The SMILES string of the molecule is C/C=C/c1ccc([C@@H](O)[C@@H](CF)NC=O)cc1. The molecular formula is C13H16FNO2. The minimum atomic E-state index is -1.04. The first-order valence-electron chi connectivity index (χ1n) is 5.39. The van der Waals surface area contributed by atoms with Crippen LogP contribution in [0.5, 0.6) is 0 Å². The molecule has 3 nitrogen and oxygen atoms in total. The maximum absolute atomic E-state index is 12.6. The number of hydrogen-bond donors (Lipinski definition) is 2. The maximum atomic E-state index is 12.6. The second kappa shape index (κ2) is 6.81. The highest BCUT2D eigenvalue weighted by atomic mass is 19.1. The fourth-order valence-corrected chi connectivity index (χ4v) is 1.54. The van der Waals surface area contributed by atoms with Crippen molar-refractivity contribution in [2.45, 2.75) is 19.1 Å². The third-order valence-corrected chi connectivity index (χ3v) is 2.47. The Morgan fingerprint density at radius 2 is 2.06 bits per heavy atom. The van der Waals surface area contributed by atoms with Crippen LogP contribution in [0, 0.1) is 0 Å². The van der Waals surface area contributed by atoms with Crippen molar-refractivity contribution >= 4 is 12.5 Å². The zero-order valence-electron chi connectivity index (χ0n) is 9.64. The second-order valence-corrected chi connectivity index (χ2v) is 3.66. The summed E-state index contributed by atoms with van der Waals surface area (Å²) in [5.41, 5.74) is 1.58. The first-order chi connectivity index (χ1) is 8.22. The van der Waals surface area contributed by atoms with Crippen LogP contribution in [0.2, 0.25) is 0 Å². The van der Waals surface area contributed by atoms with E-state index < -0.39 is 18.8 Å². The molecule has 4 heteroatoms. The number of alkyl halides is 1. The van der Waals surface area contributed by atoms with Crippen molar-refractivity contribution in [3.8, 4) is 0 Å². The van der Waals surface area contributed by atoms with E-state index in [1.54, 1.807) is 12.1 Å². The summed E-state index contributed by atoms with van der Waals surface area (Å²) in [5.74, 6) is 0. The van der Waals surface area contributed by atoms with Gasteiger partial charge in [-0.3, -0.25) is 4.79 Å². The number of amides is 1. The van der Waals surface area contributed by atoms with Crippen molar-refractivity contribution in [1.82, 2.24) is 5.32 Å². The van der Waals surface area contributed by atoms with Gasteiger partial charge in [-0.05, 0) is 18.1 Å². The van der Waals surface area contributed by atoms with Crippen molar-refractivity contribution in [2.75, 3.05) is 6.67 Å². The van der Waals surface area contributed by atoms with Gasteiger partial charge < -0.3 is 10.4 Å². The molecule has 0 aromatic heterocycles. The van der Waals surface area contributed by atoms with Crippen LogP contribution in [0.15, 0.2) is 30.3 Å². The first kappa shape index (κ1) is 13.4. The Labute approximate surface area is 100.0 Å². The largest absolute Gasteiger partial charge is 0.386 e. The maximum Gasteiger partial charge on any atom is 0.207 e. The van der Waals surface area contributed by atoms with E-state index in [4.69, 9.17) is 0 Å². The van der Waals surface area contributed by atoms with Gasteiger partial charge in [0.05, 0.1) is 6.04 Å². The van der Waals surface area contributed by atoms with Crippen LogP contribution in [0.1, 0.15) is 24.2 Å². The number of carbonyl (C=O) groups is 1. The van der Waals surface area contributed by atoms with Gasteiger partial charge in [-0.1, -0.05) is 36.4 Å². The summed E-state index contributed by atoms with van der Waals surface area (Å²) in [5, 5.41) is 12.1. The van der Waals surface area contributed by atoms with E-state index in [1.165, 1.54) is 0 Å². The van der Waals surface area contributed by atoms with E-state index in [9.17, 15) is 14.3 Å². The zero-order valence-corrected chi connectivity index (χ0v) is 9.64. The van der Waals surface area contributed by atoms with E-state index in [-0.39, 0.29) is 0 Å². The normalized spacial score (nSPS) is 14.5. The van der Waals surface area contributed by atoms with Crippen LogP contribution in [0.3, 0.4) is 0 Å². The van der Waals surface area contributed by atoms with Gasteiger partial charge in [-0.2, -0.15) is 0 Å². The molecule has 0 fully saturated rings. The minimum Gasteiger partial charge on any atom is -0.386 e. The molecule has 1 aromatic rings. The highest BCUT2D eigenvalue weighted by molar-refractivity contribution is 5.50. The number of rotatable bonds is 6. The van der Waals surface area contributed by atoms with Crippen molar-refractivity contribution in [1.29, 1.82) is 0 Å². The Hall–Kier alpha value is -1.68. The summed E-state index contributed by atoms with van der Waals surface area (Å²) in [6, 6.07) is 6.19. The highest BCUT2D eigenvalue weighted by Gasteiger charge is 2.19. The van der Waals surface area contributed by atoms with Gasteiger partial charge >= 0.3 is 0 Å². The molecule has 92 valence electrons. The molecular weight excluding hydrogens is 221 g/mol. The first-order valence-corrected chi connectivity index (χ1v) is 5.39. The van der Waals surface area contributed by atoms with Gasteiger partial charge in [0.2, 0.25) is 6.41 Å². The number of halogens is 1. The zero-order chi connectivity index (χ0) is 12.7. The fourth-order valence-electron chi connectivity index (χ4n) is 1.54. The predicted octanol–water partition coefficient (Wildman–Crippen LogP) is 1.84. The molecule has 0 unspecified atom stereocenters. The standard InChI is InChI=1S/C13H16FNO2/c1-2-3-10-4-6-11(7-5-10)13(17)12(8-14)15-9-16/h2-7,9,12-13,17H,8H2,1H3,(H,15,16)/b3-2+/t12-,13-/m1/s1. The van der Waals surface area contributed by atoms with Crippen LogP contribution < -0.4 is 5.32 Å². The fraction of sp³-hybridized carbons (Fsp3) is 0.308. The lowest BCUT2D eigenvalue weighted by atomic mass is 10.0. The Bertz CT molecular complexity index is 376. The van der Waals surface area contributed by atoms with Crippen molar-refractivity contribution in [3.63, 3.8) is 0 Å². The van der Waals surface area contributed by atoms with Crippen LogP contribution in [0.4, 0.5) is 4.39 Å². The van der Waals surface area contributed by atoms with Crippen molar-refractivity contribution < 1.29 is 14.3 Å². The summed E-state index contributed by atoms with van der Waals surface area (Å²) in [4.78, 5) is 10.3. The lowest BCUT2D eigenvalue weighted by Gasteiger charge is -2.19. The smallest absolute Gasteiger partial charge is 0.207 e. The molecule has 1 rings (SSSR count). The molecule has 0 aliphatic heterocycles. The molecule has 0 spiro atoms. The molecule has 0 aliphatic carbocycles. The topological polar surface area (TPSA) is 49.3 Å². The number of hydrogen-bond acceptors (Lipinski definition) is 2. The molecule has 1 aromatic carbocycles. The van der Waals surface area contributed by atoms with E-state index in [0.29, 0.717) is 12.0 Å². The Kier molecular flexibility index (Phi) is 5.36. The summed E-state index contributed by atoms with van der Waals surface area (Å²) < 4.78 is 12.6. The number of benzene rings is 1. The Morgan fingerprint density at radius 1 is 1.41 bits per heavy atom. The molecule has 1 amide bonds. The Morgan fingerprint density at radius 3 is 2.53 bits per heavy atom. The van der Waals surface area contributed by atoms with Gasteiger partial charge in [-0.15, -0.1) is 0 Å². The molecule has 2 atom stereocenters.